The fourth-order valence-electron chi connectivity index (χ4n) is 2.78. The molecule has 0 saturated carbocycles. The summed E-state index contributed by atoms with van der Waals surface area (Å²) in [6.07, 6.45) is 2.52. The number of esters is 1. The van der Waals surface area contributed by atoms with Crippen molar-refractivity contribution in [3.05, 3.63) is 17.0 Å². The van der Waals surface area contributed by atoms with Crippen LogP contribution in [0.4, 0.5) is 0 Å². The van der Waals surface area contributed by atoms with Gasteiger partial charge in [-0.25, -0.2) is 4.79 Å². The monoisotopic (exact) mass is 279 g/mol. The summed E-state index contributed by atoms with van der Waals surface area (Å²) in [4.78, 5) is 26.2. The average molecular weight is 279 g/mol. The fourth-order valence-corrected chi connectivity index (χ4v) is 2.78. The summed E-state index contributed by atoms with van der Waals surface area (Å²) in [5.74, 6) is -0.458. The number of likely N-dealkylation sites (tertiary alicyclic amines) is 1. The van der Waals surface area contributed by atoms with Gasteiger partial charge < -0.3 is 9.64 Å². The highest BCUT2D eigenvalue weighted by atomic mass is 16.5. The van der Waals surface area contributed by atoms with E-state index in [2.05, 4.69) is 5.10 Å². The van der Waals surface area contributed by atoms with Crippen molar-refractivity contribution in [3.63, 3.8) is 0 Å². The largest absolute Gasteiger partial charge is 0.467 e. The molecule has 0 spiro atoms. The van der Waals surface area contributed by atoms with E-state index in [1.54, 1.807) is 9.58 Å². The van der Waals surface area contributed by atoms with Crippen LogP contribution in [0, 0.1) is 13.8 Å². The molecular weight excluding hydrogens is 258 g/mol. The fraction of sp³-hybridized carbons (Fsp3) is 0.643. The second-order valence-corrected chi connectivity index (χ2v) is 5.20. The zero-order chi connectivity index (χ0) is 14.9. The van der Waals surface area contributed by atoms with Gasteiger partial charge in [0.05, 0.1) is 18.4 Å². The lowest BCUT2D eigenvalue weighted by Gasteiger charge is -2.33. The zero-order valence-electron chi connectivity index (χ0n) is 12.5. The average Bonchev–Trinajstić information content (AvgIpc) is 2.70. The number of ether oxygens (including phenoxy) is 1. The van der Waals surface area contributed by atoms with E-state index < -0.39 is 6.04 Å². The van der Waals surface area contributed by atoms with Gasteiger partial charge in [0.2, 0.25) is 0 Å². The molecule has 0 N–H and O–H groups in total. The summed E-state index contributed by atoms with van der Waals surface area (Å²) in [6.45, 7) is 4.27. The Hall–Kier alpha value is -1.85. The molecule has 1 fully saturated rings. The molecule has 1 aromatic rings. The maximum Gasteiger partial charge on any atom is 0.328 e. The lowest BCUT2D eigenvalue weighted by molar-refractivity contribution is -0.147. The molecule has 6 nitrogen and oxygen atoms in total. The van der Waals surface area contributed by atoms with Crippen LogP contribution < -0.4 is 0 Å². The molecular formula is C14H21N3O3. The summed E-state index contributed by atoms with van der Waals surface area (Å²) in [7, 11) is 3.17. The predicted molar refractivity (Wildman–Crippen MR) is 73.4 cm³/mol. The molecule has 1 atom stereocenters. The molecule has 110 valence electrons. The van der Waals surface area contributed by atoms with Gasteiger partial charge in [-0.15, -0.1) is 0 Å². The molecule has 1 amide bonds. The van der Waals surface area contributed by atoms with E-state index in [1.165, 1.54) is 7.11 Å². The van der Waals surface area contributed by atoms with Crippen LogP contribution in [0.2, 0.25) is 0 Å². The number of methoxy groups -OCH3 is 1. The van der Waals surface area contributed by atoms with Crippen LogP contribution in [0.5, 0.6) is 0 Å². The molecule has 1 aliphatic rings. The normalized spacial score (nSPS) is 19.0. The van der Waals surface area contributed by atoms with Crippen LogP contribution in [0.3, 0.4) is 0 Å². The van der Waals surface area contributed by atoms with E-state index >= 15 is 0 Å². The van der Waals surface area contributed by atoms with Gasteiger partial charge >= 0.3 is 5.97 Å². The van der Waals surface area contributed by atoms with Crippen molar-refractivity contribution in [3.8, 4) is 0 Å². The molecule has 1 aromatic heterocycles. The van der Waals surface area contributed by atoms with E-state index in [-0.39, 0.29) is 11.9 Å². The third kappa shape index (κ3) is 2.42. The minimum atomic E-state index is -0.472. The first kappa shape index (κ1) is 14.6. The van der Waals surface area contributed by atoms with Gasteiger partial charge in [-0.2, -0.15) is 5.10 Å². The highest BCUT2D eigenvalue weighted by Crippen LogP contribution is 2.23. The topological polar surface area (TPSA) is 64.4 Å². The van der Waals surface area contributed by atoms with E-state index in [1.807, 2.05) is 20.9 Å². The molecule has 2 heterocycles. The second-order valence-electron chi connectivity index (χ2n) is 5.20. The highest BCUT2D eigenvalue weighted by molar-refractivity contribution is 5.98. The standard InChI is InChI=1S/C14H21N3O3/c1-9-12(10(2)16(3)15-9)13(18)17-8-6-5-7-11(17)14(19)20-4/h11H,5-8H2,1-4H3/t11-/m1/s1. The van der Waals surface area contributed by atoms with E-state index in [0.717, 1.165) is 18.5 Å². The SMILES string of the molecule is COC(=O)[C@H]1CCCCN1C(=O)c1c(C)nn(C)c1C. The van der Waals surface area contributed by atoms with Crippen molar-refractivity contribution in [2.45, 2.75) is 39.2 Å². The van der Waals surface area contributed by atoms with Crippen LogP contribution in [0.25, 0.3) is 0 Å². The van der Waals surface area contributed by atoms with E-state index in [0.29, 0.717) is 24.2 Å². The number of hydrogen-bond acceptors (Lipinski definition) is 4. The molecule has 0 aromatic carbocycles. The Balaban J connectivity index is 2.32. The first-order chi connectivity index (χ1) is 9.47. The van der Waals surface area contributed by atoms with Crippen molar-refractivity contribution < 1.29 is 14.3 Å². The van der Waals surface area contributed by atoms with Crippen molar-refractivity contribution >= 4 is 11.9 Å². The van der Waals surface area contributed by atoms with Crippen LogP contribution in [0.15, 0.2) is 0 Å². The predicted octanol–water partition coefficient (Wildman–Crippen LogP) is 1.20. The number of carbonyl (C=O) groups is 2. The Kier molecular flexibility index (Phi) is 4.11. The van der Waals surface area contributed by atoms with E-state index in [9.17, 15) is 9.59 Å². The summed E-state index contributed by atoms with van der Waals surface area (Å²) < 4.78 is 6.51. The van der Waals surface area contributed by atoms with Gasteiger partial charge in [-0.05, 0) is 33.1 Å². The Bertz CT molecular complexity index is 536. The molecule has 1 aliphatic heterocycles. The van der Waals surface area contributed by atoms with Gasteiger partial charge in [-0.1, -0.05) is 0 Å². The Morgan fingerprint density at radius 3 is 2.55 bits per heavy atom. The van der Waals surface area contributed by atoms with Crippen LogP contribution in [-0.2, 0) is 16.6 Å². The number of carbonyl (C=O) groups excluding carboxylic acids is 2. The molecule has 1 saturated heterocycles. The number of piperidine rings is 1. The number of hydrogen-bond donors (Lipinski definition) is 0. The molecule has 20 heavy (non-hydrogen) atoms. The molecule has 2 rings (SSSR count). The number of rotatable bonds is 2. The number of aryl methyl sites for hydroxylation is 2. The second kappa shape index (κ2) is 5.64. The Morgan fingerprint density at radius 1 is 1.30 bits per heavy atom. The van der Waals surface area contributed by atoms with Gasteiger partial charge in [-0.3, -0.25) is 9.48 Å². The number of amides is 1. The van der Waals surface area contributed by atoms with E-state index in [4.69, 9.17) is 4.74 Å². The van der Waals surface area contributed by atoms with Crippen LogP contribution in [-0.4, -0.2) is 46.3 Å². The van der Waals surface area contributed by atoms with Crippen molar-refractivity contribution in [2.24, 2.45) is 7.05 Å². The van der Waals surface area contributed by atoms with Crippen LogP contribution >= 0.6 is 0 Å². The lowest BCUT2D eigenvalue weighted by Crippen LogP contribution is -2.48. The minimum absolute atomic E-state index is 0.122. The van der Waals surface area contributed by atoms with Gasteiger partial charge in [0, 0.05) is 19.3 Å². The number of nitrogens with zero attached hydrogens (tertiary/aromatic N) is 3. The minimum Gasteiger partial charge on any atom is -0.467 e. The number of aromatic nitrogens is 2. The van der Waals surface area contributed by atoms with Gasteiger partial charge in [0.1, 0.15) is 6.04 Å². The third-order valence-electron chi connectivity index (χ3n) is 3.96. The van der Waals surface area contributed by atoms with Crippen LogP contribution in [0.1, 0.15) is 41.0 Å². The maximum absolute atomic E-state index is 12.8. The summed E-state index contributed by atoms with van der Waals surface area (Å²) in [5.41, 5.74) is 2.12. The molecule has 0 aliphatic carbocycles. The zero-order valence-corrected chi connectivity index (χ0v) is 12.5. The first-order valence-corrected chi connectivity index (χ1v) is 6.86. The third-order valence-corrected chi connectivity index (χ3v) is 3.96. The maximum atomic E-state index is 12.8. The quantitative estimate of drug-likeness (QED) is 0.763. The van der Waals surface area contributed by atoms with Crippen molar-refractivity contribution in [1.29, 1.82) is 0 Å². The van der Waals surface area contributed by atoms with Gasteiger partial charge in [0.25, 0.3) is 5.91 Å². The highest BCUT2D eigenvalue weighted by Gasteiger charge is 2.35. The first-order valence-electron chi connectivity index (χ1n) is 6.86. The smallest absolute Gasteiger partial charge is 0.328 e. The summed E-state index contributed by atoms with van der Waals surface area (Å²) in [5, 5.41) is 4.27. The summed E-state index contributed by atoms with van der Waals surface area (Å²) in [6, 6.07) is -0.472. The molecule has 6 heteroatoms. The molecule has 0 bridgehead atoms. The summed E-state index contributed by atoms with van der Waals surface area (Å²) >= 11 is 0. The Morgan fingerprint density at radius 2 is 2.00 bits per heavy atom. The molecule has 0 unspecified atom stereocenters. The molecule has 0 radical (unpaired) electrons. The van der Waals surface area contributed by atoms with Crippen molar-refractivity contribution in [2.75, 3.05) is 13.7 Å². The van der Waals surface area contributed by atoms with Gasteiger partial charge in [0.15, 0.2) is 0 Å². The van der Waals surface area contributed by atoms with Crippen molar-refractivity contribution in [1.82, 2.24) is 14.7 Å². The lowest BCUT2D eigenvalue weighted by atomic mass is 10.0. The Labute approximate surface area is 118 Å².